The zero-order valence-electron chi connectivity index (χ0n) is 9.78. The van der Waals surface area contributed by atoms with Crippen LogP contribution in [0.3, 0.4) is 0 Å². The van der Waals surface area contributed by atoms with E-state index in [0.717, 1.165) is 25.7 Å². The molecule has 0 aliphatic heterocycles. The molecule has 0 N–H and O–H groups in total. The first-order valence-corrected chi connectivity index (χ1v) is 5.85. The summed E-state index contributed by atoms with van der Waals surface area (Å²) in [6.45, 7) is 7.34. The van der Waals surface area contributed by atoms with Crippen LogP contribution in [0.25, 0.3) is 0 Å². The molecule has 0 radical (unpaired) electrons. The Morgan fingerprint density at radius 2 is 1.94 bits per heavy atom. The minimum atomic E-state index is -0.405. The fourth-order valence-electron chi connectivity index (χ4n) is 2.03. The van der Waals surface area contributed by atoms with Gasteiger partial charge in [0.25, 0.3) is 0 Å². The van der Waals surface area contributed by atoms with E-state index in [4.69, 9.17) is 4.74 Å². The van der Waals surface area contributed by atoms with Crippen molar-refractivity contribution in [1.82, 2.24) is 0 Å². The van der Waals surface area contributed by atoms with Crippen LogP contribution in [0.15, 0.2) is 37.5 Å². The fourth-order valence-corrected chi connectivity index (χ4v) is 2.03. The van der Waals surface area contributed by atoms with Crippen molar-refractivity contribution in [1.29, 1.82) is 0 Å². The van der Waals surface area contributed by atoms with E-state index >= 15 is 0 Å². The number of hydrogen-bond donors (Lipinski definition) is 0. The maximum absolute atomic E-state index is 11.6. The standard InChI is InChI=1S/C14H20O2/c1-3-5-7-10-13(15)16-14(4-2)11-8-6-9-12-14/h3-5,7H,1-2,6,8-12H2/b7-5+. The topological polar surface area (TPSA) is 26.3 Å². The second kappa shape index (κ2) is 6.31. The van der Waals surface area contributed by atoms with Crippen LogP contribution < -0.4 is 0 Å². The molecule has 1 aliphatic carbocycles. The molecule has 1 aliphatic rings. The van der Waals surface area contributed by atoms with Gasteiger partial charge in [0, 0.05) is 0 Å². The molecule has 2 heteroatoms. The minimum absolute atomic E-state index is 0.181. The Kier molecular flexibility index (Phi) is 5.03. The first kappa shape index (κ1) is 12.8. The Bertz CT molecular complexity index is 283. The lowest BCUT2D eigenvalue weighted by atomic mass is 9.85. The predicted octanol–water partition coefficient (Wildman–Crippen LogP) is 3.55. The lowest BCUT2D eigenvalue weighted by Crippen LogP contribution is -2.34. The molecule has 0 saturated heterocycles. The van der Waals surface area contributed by atoms with Gasteiger partial charge in [-0.05, 0) is 31.8 Å². The van der Waals surface area contributed by atoms with Crippen molar-refractivity contribution >= 4 is 5.97 Å². The molecule has 1 rings (SSSR count). The number of esters is 1. The molecule has 0 aromatic heterocycles. The van der Waals surface area contributed by atoms with Crippen LogP contribution in [0.2, 0.25) is 0 Å². The Hall–Kier alpha value is -1.31. The summed E-state index contributed by atoms with van der Waals surface area (Å²) in [5.41, 5.74) is -0.405. The highest BCUT2D eigenvalue weighted by molar-refractivity contribution is 5.72. The maximum atomic E-state index is 11.6. The zero-order valence-corrected chi connectivity index (χ0v) is 9.78. The van der Waals surface area contributed by atoms with Gasteiger partial charge in [-0.25, -0.2) is 0 Å². The molecule has 0 amide bonds. The Morgan fingerprint density at radius 1 is 1.25 bits per heavy atom. The number of carbonyl (C=O) groups excluding carboxylic acids is 1. The third kappa shape index (κ3) is 3.69. The molecule has 0 spiro atoms. The third-order valence-electron chi connectivity index (χ3n) is 2.95. The van der Waals surface area contributed by atoms with Crippen molar-refractivity contribution in [3.63, 3.8) is 0 Å². The second-order valence-electron chi connectivity index (χ2n) is 4.17. The van der Waals surface area contributed by atoms with Crippen molar-refractivity contribution in [2.75, 3.05) is 0 Å². The van der Waals surface area contributed by atoms with Gasteiger partial charge in [0.05, 0.1) is 6.42 Å². The number of rotatable bonds is 5. The number of hydrogen-bond acceptors (Lipinski definition) is 2. The van der Waals surface area contributed by atoms with Gasteiger partial charge in [0.2, 0.25) is 0 Å². The molecule has 1 fully saturated rings. The van der Waals surface area contributed by atoms with Crippen LogP contribution in [0.1, 0.15) is 38.5 Å². The van der Waals surface area contributed by atoms with Crippen molar-refractivity contribution in [3.05, 3.63) is 37.5 Å². The molecule has 0 heterocycles. The van der Waals surface area contributed by atoms with E-state index in [1.807, 2.05) is 0 Å². The van der Waals surface area contributed by atoms with Crippen molar-refractivity contribution in [2.24, 2.45) is 0 Å². The summed E-state index contributed by atoms with van der Waals surface area (Å²) in [4.78, 5) is 11.6. The molecule has 0 bridgehead atoms. The summed E-state index contributed by atoms with van der Waals surface area (Å²) < 4.78 is 5.53. The summed E-state index contributed by atoms with van der Waals surface area (Å²) in [7, 11) is 0. The molecule has 2 nitrogen and oxygen atoms in total. The van der Waals surface area contributed by atoms with E-state index < -0.39 is 5.60 Å². The van der Waals surface area contributed by atoms with Crippen molar-refractivity contribution in [2.45, 2.75) is 44.1 Å². The van der Waals surface area contributed by atoms with Gasteiger partial charge in [0.1, 0.15) is 5.60 Å². The van der Waals surface area contributed by atoms with Gasteiger partial charge in [-0.2, -0.15) is 0 Å². The average molecular weight is 220 g/mol. The van der Waals surface area contributed by atoms with Crippen LogP contribution in [0.5, 0.6) is 0 Å². The van der Waals surface area contributed by atoms with Crippen LogP contribution >= 0.6 is 0 Å². The SMILES string of the molecule is C=C/C=C/CC(=O)OC1(C=C)CCCCC1. The Labute approximate surface area is 97.7 Å². The largest absolute Gasteiger partial charge is 0.455 e. The van der Waals surface area contributed by atoms with Crippen molar-refractivity contribution in [3.8, 4) is 0 Å². The minimum Gasteiger partial charge on any atom is -0.455 e. The lowest BCUT2D eigenvalue weighted by molar-refractivity contribution is -0.156. The molecule has 0 aromatic rings. The van der Waals surface area contributed by atoms with Crippen LogP contribution in [-0.4, -0.2) is 11.6 Å². The van der Waals surface area contributed by atoms with Gasteiger partial charge < -0.3 is 4.74 Å². The molecule has 1 saturated carbocycles. The first-order valence-electron chi connectivity index (χ1n) is 5.85. The Balaban J connectivity index is 2.48. The van der Waals surface area contributed by atoms with Gasteiger partial charge in [-0.15, -0.1) is 0 Å². The zero-order chi connectivity index (χ0) is 11.9. The van der Waals surface area contributed by atoms with E-state index in [1.54, 1.807) is 24.3 Å². The number of carbonyl (C=O) groups is 1. The number of ether oxygens (including phenoxy) is 1. The monoisotopic (exact) mass is 220 g/mol. The highest BCUT2D eigenvalue weighted by Crippen LogP contribution is 2.32. The van der Waals surface area contributed by atoms with Crippen LogP contribution in [0, 0.1) is 0 Å². The van der Waals surface area contributed by atoms with E-state index in [2.05, 4.69) is 13.2 Å². The third-order valence-corrected chi connectivity index (χ3v) is 2.95. The normalized spacial score (nSPS) is 19.2. The van der Waals surface area contributed by atoms with Crippen LogP contribution in [0.4, 0.5) is 0 Å². The molecule has 88 valence electrons. The summed E-state index contributed by atoms with van der Waals surface area (Å²) in [5.74, 6) is -0.181. The molecule has 0 atom stereocenters. The number of allylic oxidation sites excluding steroid dienone is 2. The molecular formula is C14H20O2. The molecule has 0 unspecified atom stereocenters. The van der Waals surface area contributed by atoms with Crippen molar-refractivity contribution < 1.29 is 9.53 Å². The molecular weight excluding hydrogens is 200 g/mol. The van der Waals surface area contributed by atoms with E-state index in [-0.39, 0.29) is 5.97 Å². The predicted molar refractivity (Wildman–Crippen MR) is 66.1 cm³/mol. The summed E-state index contributed by atoms with van der Waals surface area (Å²) in [5, 5.41) is 0. The lowest BCUT2D eigenvalue weighted by Gasteiger charge is -2.33. The van der Waals surface area contributed by atoms with Crippen LogP contribution in [-0.2, 0) is 9.53 Å². The average Bonchev–Trinajstić information content (AvgIpc) is 2.30. The van der Waals surface area contributed by atoms with Gasteiger partial charge in [0.15, 0.2) is 0 Å². The molecule has 0 aromatic carbocycles. The van der Waals surface area contributed by atoms with Gasteiger partial charge in [-0.3, -0.25) is 4.79 Å². The quantitative estimate of drug-likeness (QED) is 0.402. The Morgan fingerprint density at radius 3 is 2.50 bits per heavy atom. The first-order chi connectivity index (χ1) is 7.72. The van der Waals surface area contributed by atoms with E-state index in [0.29, 0.717) is 6.42 Å². The smallest absolute Gasteiger partial charge is 0.310 e. The van der Waals surface area contributed by atoms with Gasteiger partial charge >= 0.3 is 5.97 Å². The molecule has 16 heavy (non-hydrogen) atoms. The highest BCUT2D eigenvalue weighted by Gasteiger charge is 2.32. The fraction of sp³-hybridized carbons (Fsp3) is 0.500. The second-order valence-corrected chi connectivity index (χ2v) is 4.17. The van der Waals surface area contributed by atoms with E-state index in [9.17, 15) is 4.79 Å². The summed E-state index contributed by atoms with van der Waals surface area (Å²) in [6.07, 6.45) is 12.5. The highest BCUT2D eigenvalue weighted by atomic mass is 16.6. The summed E-state index contributed by atoms with van der Waals surface area (Å²) >= 11 is 0. The van der Waals surface area contributed by atoms with Gasteiger partial charge in [-0.1, -0.05) is 37.8 Å². The summed E-state index contributed by atoms with van der Waals surface area (Å²) in [6, 6.07) is 0. The van der Waals surface area contributed by atoms with E-state index in [1.165, 1.54) is 6.42 Å². The maximum Gasteiger partial charge on any atom is 0.310 e.